The van der Waals surface area contributed by atoms with E-state index in [0.717, 1.165) is 36.3 Å². The predicted octanol–water partition coefficient (Wildman–Crippen LogP) is 6.31. The van der Waals surface area contributed by atoms with E-state index in [-0.39, 0.29) is 12.2 Å². The average molecular weight is 399 g/mol. The van der Waals surface area contributed by atoms with E-state index in [2.05, 4.69) is 26.0 Å². The van der Waals surface area contributed by atoms with Crippen LogP contribution >= 0.6 is 11.8 Å². The molecule has 0 N–H and O–H groups in total. The van der Waals surface area contributed by atoms with Crippen LogP contribution in [0.1, 0.15) is 61.9 Å². The fourth-order valence-electron chi connectivity index (χ4n) is 2.89. The summed E-state index contributed by atoms with van der Waals surface area (Å²) in [6, 6.07) is 17.7. The quantitative estimate of drug-likeness (QED) is 0.182. The van der Waals surface area contributed by atoms with E-state index in [4.69, 9.17) is 4.74 Å². The van der Waals surface area contributed by atoms with Gasteiger partial charge in [-0.1, -0.05) is 75.6 Å². The molecule has 2 aromatic rings. The second kappa shape index (κ2) is 12.4. The van der Waals surface area contributed by atoms with Crippen LogP contribution in [0.3, 0.4) is 0 Å². The predicted molar refractivity (Wildman–Crippen MR) is 116 cm³/mol. The lowest BCUT2D eigenvalue weighted by Gasteiger charge is -2.14. The van der Waals surface area contributed by atoms with Crippen LogP contribution in [-0.2, 0) is 15.3 Å². The number of benzene rings is 2. The number of hydrogen-bond acceptors (Lipinski definition) is 4. The fraction of sp³-hybridized carbons (Fsp3) is 0.417. The molecule has 0 aliphatic heterocycles. The van der Waals surface area contributed by atoms with Gasteiger partial charge in [0.1, 0.15) is 6.42 Å². The number of ketones is 1. The van der Waals surface area contributed by atoms with Crippen LogP contribution in [0.5, 0.6) is 0 Å². The van der Waals surface area contributed by atoms with Gasteiger partial charge in [0.05, 0.1) is 6.61 Å². The molecule has 1 unspecified atom stereocenters. The van der Waals surface area contributed by atoms with Crippen molar-refractivity contribution in [2.75, 3.05) is 6.61 Å². The Morgan fingerprint density at radius 1 is 1.04 bits per heavy atom. The lowest BCUT2D eigenvalue weighted by molar-refractivity contribution is -0.144. The van der Waals surface area contributed by atoms with Gasteiger partial charge in [0.25, 0.3) is 0 Å². The van der Waals surface area contributed by atoms with Crippen molar-refractivity contribution in [3.8, 4) is 0 Å². The van der Waals surface area contributed by atoms with E-state index in [1.54, 1.807) is 17.8 Å². The van der Waals surface area contributed by atoms with Crippen LogP contribution in [0.15, 0.2) is 59.5 Å². The summed E-state index contributed by atoms with van der Waals surface area (Å²) in [7, 11) is 0. The van der Waals surface area contributed by atoms with Gasteiger partial charge in [0.2, 0.25) is 0 Å². The van der Waals surface area contributed by atoms with Crippen molar-refractivity contribution in [1.29, 1.82) is 0 Å². The van der Waals surface area contributed by atoms with Crippen molar-refractivity contribution >= 4 is 23.5 Å². The second-order valence-corrected chi connectivity index (χ2v) is 8.05. The molecule has 2 rings (SSSR count). The first-order valence-electron chi connectivity index (χ1n) is 10.1. The number of thioether (sulfide) groups is 1. The molecule has 4 heteroatoms. The molecule has 0 aliphatic carbocycles. The summed E-state index contributed by atoms with van der Waals surface area (Å²) in [5.41, 5.74) is 1.80. The lowest BCUT2D eigenvalue weighted by atomic mass is 10.0. The fourth-order valence-corrected chi connectivity index (χ4v) is 3.80. The van der Waals surface area contributed by atoms with Gasteiger partial charge in [-0.3, -0.25) is 9.59 Å². The lowest BCUT2D eigenvalue weighted by Crippen LogP contribution is -2.16. The summed E-state index contributed by atoms with van der Waals surface area (Å²) in [4.78, 5) is 25.5. The number of carbonyl (C=O) groups excluding carboxylic acids is 2. The van der Waals surface area contributed by atoms with Crippen molar-refractivity contribution in [2.45, 2.75) is 56.6 Å². The number of esters is 1. The van der Waals surface area contributed by atoms with E-state index in [9.17, 15) is 9.59 Å². The minimum Gasteiger partial charge on any atom is -0.465 e. The SMILES string of the molecule is CCCCC(CC)COC(=O)CC(=O)c1cccc(SCc2ccccc2)c1. The molecule has 0 aliphatic rings. The Morgan fingerprint density at radius 2 is 1.82 bits per heavy atom. The van der Waals surface area contributed by atoms with E-state index in [0.29, 0.717) is 18.1 Å². The molecule has 150 valence electrons. The van der Waals surface area contributed by atoms with Gasteiger partial charge in [-0.25, -0.2) is 0 Å². The zero-order chi connectivity index (χ0) is 20.2. The average Bonchev–Trinajstić information content (AvgIpc) is 2.73. The highest BCUT2D eigenvalue weighted by molar-refractivity contribution is 7.98. The van der Waals surface area contributed by atoms with Crippen LogP contribution in [0.2, 0.25) is 0 Å². The number of Topliss-reactive ketones (excluding diaryl/α,β-unsaturated/α-hetero) is 1. The third-order valence-electron chi connectivity index (χ3n) is 4.73. The molecule has 1 atom stereocenters. The molecule has 0 amide bonds. The number of carbonyl (C=O) groups is 2. The minimum atomic E-state index is -0.428. The molecule has 0 heterocycles. The maximum atomic E-state index is 12.5. The van der Waals surface area contributed by atoms with E-state index in [1.807, 2.05) is 36.4 Å². The minimum absolute atomic E-state index is 0.186. The molecule has 0 saturated carbocycles. The molecule has 28 heavy (non-hydrogen) atoms. The highest BCUT2D eigenvalue weighted by Crippen LogP contribution is 2.24. The Labute approximate surface area is 172 Å². The van der Waals surface area contributed by atoms with Gasteiger partial charge in [-0.05, 0) is 30.0 Å². The molecule has 0 spiro atoms. The Kier molecular flexibility index (Phi) is 9.84. The van der Waals surface area contributed by atoms with Crippen LogP contribution in [-0.4, -0.2) is 18.4 Å². The summed E-state index contributed by atoms with van der Waals surface area (Å²) in [6.07, 6.45) is 4.14. The van der Waals surface area contributed by atoms with Crippen molar-refractivity contribution in [2.24, 2.45) is 5.92 Å². The zero-order valence-corrected chi connectivity index (χ0v) is 17.7. The topological polar surface area (TPSA) is 43.4 Å². The summed E-state index contributed by atoms with van der Waals surface area (Å²) in [5, 5.41) is 0. The Hall–Kier alpha value is -2.07. The number of hydrogen-bond donors (Lipinski definition) is 0. The molecular formula is C24H30O3S. The summed E-state index contributed by atoms with van der Waals surface area (Å²) in [6.45, 7) is 4.68. The smallest absolute Gasteiger partial charge is 0.313 e. The number of unbranched alkanes of at least 4 members (excludes halogenated alkanes) is 1. The molecule has 0 bridgehead atoms. The van der Waals surface area contributed by atoms with Crippen molar-refractivity contribution in [1.82, 2.24) is 0 Å². The summed E-state index contributed by atoms with van der Waals surface area (Å²) >= 11 is 1.68. The Morgan fingerprint density at radius 3 is 2.54 bits per heavy atom. The monoisotopic (exact) mass is 398 g/mol. The standard InChI is InChI=1S/C24H30O3S/c1-3-5-10-19(4-2)17-27-24(26)16-23(25)21-13-9-14-22(15-21)28-18-20-11-7-6-8-12-20/h6-9,11-15,19H,3-5,10,16-18H2,1-2H3. The highest BCUT2D eigenvalue weighted by Gasteiger charge is 2.15. The van der Waals surface area contributed by atoms with Gasteiger partial charge in [0.15, 0.2) is 5.78 Å². The molecule has 0 radical (unpaired) electrons. The maximum Gasteiger partial charge on any atom is 0.313 e. The van der Waals surface area contributed by atoms with Gasteiger partial charge in [0, 0.05) is 16.2 Å². The first-order chi connectivity index (χ1) is 13.6. The third-order valence-corrected chi connectivity index (χ3v) is 5.80. The molecule has 0 saturated heterocycles. The second-order valence-electron chi connectivity index (χ2n) is 7.00. The molecule has 2 aromatic carbocycles. The van der Waals surface area contributed by atoms with Gasteiger partial charge >= 0.3 is 5.97 Å². The van der Waals surface area contributed by atoms with Gasteiger partial charge < -0.3 is 4.74 Å². The Bertz CT molecular complexity index is 743. The van der Waals surface area contributed by atoms with E-state index < -0.39 is 5.97 Å². The molecule has 0 aromatic heterocycles. The first kappa shape index (κ1) is 22.2. The van der Waals surface area contributed by atoms with Crippen LogP contribution in [0.4, 0.5) is 0 Å². The van der Waals surface area contributed by atoms with Gasteiger partial charge in [-0.15, -0.1) is 11.8 Å². The van der Waals surface area contributed by atoms with Crippen molar-refractivity contribution in [3.63, 3.8) is 0 Å². The van der Waals surface area contributed by atoms with Crippen molar-refractivity contribution < 1.29 is 14.3 Å². The van der Waals surface area contributed by atoms with Crippen LogP contribution < -0.4 is 0 Å². The van der Waals surface area contributed by atoms with Crippen molar-refractivity contribution in [3.05, 3.63) is 65.7 Å². The molecular weight excluding hydrogens is 368 g/mol. The first-order valence-corrected chi connectivity index (χ1v) is 11.1. The largest absolute Gasteiger partial charge is 0.465 e. The highest BCUT2D eigenvalue weighted by atomic mass is 32.2. The van der Waals surface area contributed by atoms with Gasteiger partial charge in [-0.2, -0.15) is 0 Å². The van der Waals surface area contributed by atoms with Crippen LogP contribution in [0, 0.1) is 5.92 Å². The summed E-state index contributed by atoms with van der Waals surface area (Å²) < 4.78 is 5.35. The summed E-state index contributed by atoms with van der Waals surface area (Å²) in [5.74, 6) is 0.615. The molecule has 3 nitrogen and oxygen atoms in total. The Balaban J connectivity index is 1.83. The maximum absolute atomic E-state index is 12.5. The third kappa shape index (κ3) is 7.89. The molecule has 0 fully saturated rings. The zero-order valence-electron chi connectivity index (χ0n) is 16.9. The number of rotatable bonds is 12. The number of ether oxygens (including phenoxy) is 1. The van der Waals surface area contributed by atoms with E-state index >= 15 is 0 Å². The normalized spacial score (nSPS) is 11.8. The van der Waals surface area contributed by atoms with E-state index in [1.165, 1.54) is 5.56 Å². The van der Waals surface area contributed by atoms with Crippen LogP contribution in [0.25, 0.3) is 0 Å².